The molecule has 29 heavy (non-hydrogen) atoms. The van der Waals surface area contributed by atoms with Crippen LogP contribution >= 0.6 is 0 Å². The number of carbonyl (C=O) groups is 1. The second-order valence-electron chi connectivity index (χ2n) is 7.80. The predicted octanol–water partition coefficient (Wildman–Crippen LogP) is 3.80. The molecule has 0 atom stereocenters. The van der Waals surface area contributed by atoms with E-state index in [0.29, 0.717) is 18.0 Å². The van der Waals surface area contributed by atoms with Gasteiger partial charge in [0.1, 0.15) is 0 Å². The van der Waals surface area contributed by atoms with Gasteiger partial charge in [-0.25, -0.2) is 4.98 Å². The molecule has 1 aliphatic carbocycles. The van der Waals surface area contributed by atoms with Crippen molar-refractivity contribution in [2.45, 2.75) is 39.0 Å². The van der Waals surface area contributed by atoms with Gasteiger partial charge in [-0.15, -0.1) is 0 Å². The van der Waals surface area contributed by atoms with Crippen molar-refractivity contribution in [2.24, 2.45) is 7.05 Å². The first-order chi connectivity index (χ1) is 14.1. The molecule has 152 valence electrons. The molecule has 6 heteroatoms. The minimum Gasteiger partial charge on any atom is -0.372 e. The van der Waals surface area contributed by atoms with E-state index in [0.717, 1.165) is 54.8 Å². The minimum atomic E-state index is -0.0295. The molecule has 0 saturated heterocycles. The molecule has 1 N–H and O–H groups in total. The van der Waals surface area contributed by atoms with Crippen LogP contribution in [0.25, 0.3) is 11.0 Å². The molecular weight excluding hydrogens is 362 g/mol. The fourth-order valence-corrected chi connectivity index (χ4v) is 3.91. The second-order valence-corrected chi connectivity index (χ2v) is 7.80. The average molecular weight is 392 g/mol. The number of fused-ring (bicyclic) bond motifs is 1. The Labute approximate surface area is 171 Å². The SMILES string of the molecule is CCN(CCCNC(=O)c1cc(C2CC2)nc2c1c(C)nn2C)c1ccccc1. The number of hydrogen-bond acceptors (Lipinski definition) is 4. The Morgan fingerprint density at radius 3 is 2.72 bits per heavy atom. The maximum Gasteiger partial charge on any atom is 0.252 e. The Hall–Kier alpha value is -2.89. The highest BCUT2D eigenvalue weighted by Crippen LogP contribution is 2.40. The van der Waals surface area contributed by atoms with E-state index in [1.807, 2.05) is 26.1 Å². The number of anilines is 1. The van der Waals surface area contributed by atoms with Crippen LogP contribution in [0.15, 0.2) is 36.4 Å². The van der Waals surface area contributed by atoms with Gasteiger partial charge in [-0.05, 0) is 51.3 Å². The van der Waals surface area contributed by atoms with E-state index in [4.69, 9.17) is 4.98 Å². The molecule has 0 unspecified atom stereocenters. The van der Waals surface area contributed by atoms with E-state index >= 15 is 0 Å². The first-order valence-corrected chi connectivity index (χ1v) is 10.5. The molecule has 1 aliphatic rings. The molecule has 1 fully saturated rings. The minimum absolute atomic E-state index is 0.0295. The van der Waals surface area contributed by atoms with Crippen molar-refractivity contribution in [1.82, 2.24) is 20.1 Å². The quantitative estimate of drug-likeness (QED) is 0.593. The third-order valence-electron chi connectivity index (χ3n) is 5.62. The fourth-order valence-electron chi connectivity index (χ4n) is 3.91. The molecule has 1 amide bonds. The monoisotopic (exact) mass is 391 g/mol. The third-order valence-corrected chi connectivity index (χ3v) is 5.62. The number of aryl methyl sites for hydroxylation is 2. The molecule has 0 spiro atoms. The number of benzene rings is 1. The van der Waals surface area contributed by atoms with Gasteiger partial charge in [0.15, 0.2) is 5.65 Å². The highest BCUT2D eigenvalue weighted by Gasteiger charge is 2.28. The maximum absolute atomic E-state index is 13.0. The number of pyridine rings is 1. The lowest BCUT2D eigenvalue weighted by Gasteiger charge is -2.23. The van der Waals surface area contributed by atoms with Crippen LogP contribution in [0.4, 0.5) is 5.69 Å². The lowest BCUT2D eigenvalue weighted by atomic mass is 10.1. The van der Waals surface area contributed by atoms with Crippen molar-refractivity contribution < 1.29 is 4.79 Å². The van der Waals surface area contributed by atoms with Crippen molar-refractivity contribution in [3.05, 3.63) is 53.3 Å². The summed E-state index contributed by atoms with van der Waals surface area (Å²) in [5, 5.41) is 8.47. The Balaban J connectivity index is 1.44. The molecular formula is C23H29N5O. The summed E-state index contributed by atoms with van der Waals surface area (Å²) in [5.41, 5.74) is 4.60. The van der Waals surface area contributed by atoms with Gasteiger partial charge in [0.05, 0.1) is 16.6 Å². The van der Waals surface area contributed by atoms with Crippen LogP contribution in [-0.2, 0) is 7.05 Å². The molecule has 1 aromatic carbocycles. The fraction of sp³-hybridized carbons (Fsp3) is 0.435. The Bertz CT molecular complexity index is 1010. The normalized spacial score (nSPS) is 13.6. The highest BCUT2D eigenvalue weighted by atomic mass is 16.1. The zero-order valence-corrected chi connectivity index (χ0v) is 17.5. The largest absolute Gasteiger partial charge is 0.372 e. The van der Waals surface area contributed by atoms with Gasteiger partial charge in [0, 0.05) is 44.0 Å². The van der Waals surface area contributed by atoms with Gasteiger partial charge < -0.3 is 10.2 Å². The number of rotatable bonds is 8. The van der Waals surface area contributed by atoms with Crippen LogP contribution in [0, 0.1) is 6.92 Å². The van der Waals surface area contributed by atoms with Gasteiger partial charge in [-0.3, -0.25) is 9.48 Å². The summed E-state index contributed by atoms with van der Waals surface area (Å²) in [6, 6.07) is 12.4. The summed E-state index contributed by atoms with van der Waals surface area (Å²) in [7, 11) is 1.89. The summed E-state index contributed by atoms with van der Waals surface area (Å²) in [5.74, 6) is 0.461. The predicted molar refractivity (Wildman–Crippen MR) is 117 cm³/mol. The van der Waals surface area contributed by atoms with Gasteiger partial charge in [0.2, 0.25) is 0 Å². The number of nitrogens with zero attached hydrogens (tertiary/aromatic N) is 4. The van der Waals surface area contributed by atoms with E-state index in [-0.39, 0.29) is 5.91 Å². The first-order valence-electron chi connectivity index (χ1n) is 10.5. The van der Waals surface area contributed by atoms with Crippen molar-refractivity contribution in [1.29, 1.82) is 0 Å². The summed E-state index contributed by atoms with van der Waals surface area (Å²) in [6.45, 7) is 6.60. The van der Waals surface area contributed by atoms with Crippen molar-refractivity contribution in [2.75, 3.05) is 24.5 Å². The number of aromatic nitrogens is 3. The lowest BCUT2D eigenvalue weighted by Crippen LogP contribution is -2.30. The molecule has 6 nitrogen and oxygen atoms in total. The van der Waals surface area contributed by atoms with Crippen LogP contribution in [0.2, 0.25) is 0 Å². The maximum atomic E-state index is 13.0. The lowest BCUT2D eigenvalue weighted by molar-refractivity contribution is 0.0955. The molecule has 2 heterocycles. The van der Waals surface area contributed by atoms with Crippen molar-refractivity contribution in [3.63, 3.8) is 0 Å². The Morgan fingerprint density at radius 2 is 2.03 bits per heavy atom. The van der Waals surface area contributed by atoms with E-state index in [1.165, 1.54) is 5.69 Å². The topological polar surface area (TPSA) is 63.1 Å². The van der Waals surface area contributed by atoms with E-state index in [1.54, 1.807) is 4.68 Å². The van der Waals surface area contributed by atoms with Crippen LogP contribution < -0.4 is 10.2 Å². The first kappa shape index (κ1) is 19.4. The van der Waals surface area contributed by atoms with Gasteiger partial charge >= 0.3 is 0 Å². The van der Waals surface area contributed by atoms with E-state index < -0.39 is 0 Å². The molecule has 2 aromatic heterocycles. The summed E-state index contributed by atoms with van der Waals surface area (Å²) in [4.78, 5) is 20.1. The summed E-state index contributed by atoms with van der Waals surface area (Å²) < 4.78 is 1.78. The van der Waals surface area contributed by atoms with E-state index in [9.17, 15) is 4.79 Å². The Morgan fingerprint density at radius 1 is 1.28 bits per heavy atom. The second kappa shape index (κ2) is 8.23. The Kier molecular flexibility index (Phi) is 5.51. The van der Waals surface area contributed by atoms with Crippen LogP contribution in [-0.4, -0.2) is 40.3 Å². The highest BCUT2D eigenvalue weighted by molar-refractivity contribution is 6.06. The molecule has 0 aliphatic heterocycles. The third kappa shape index (κ3) is 4.11. The smallest absolute Gasteiger partial charge is 0.252 e. The standard InChI is InChI=1S/C23H29N5O/c1-4-28(18-9-6-5-7-10-18)14-8-13-24-23(29)19-15-20(17-11-12-17)25-22-21(19)16(2)26-27(22)3/h5-7,9-10,15,17H,4,8,11-14H2,1-3H3,(H,24,29). The van der Waals surface area contributed by atoms with Crippen LogP contribution in [0.1, 0.15) is 53.8 Å². The average Bonchev–Trinajstić information content (AvgIpc) is 3.54. The molecule has 0 radical (unpaired) electrons. The van der Waals surface area contributed by atoms with E-state index in [2.05, 4.69) is 46.5 Å². The summed E-state index contributed by atoms with van der Waals surface area (Å²) >= 11 is 0. The number of amides is 1. The number of nitrogens with one attached hydrogen (secondary N) is 1. The van der Waals surface area contributed by atoms with Crippen LogP contribution in [0.5, 0.6) is 0 Å². The van der Waals surface area contributed by atoms with Gasteiger partial charge in [0.25, 0.3) is 5.91 Å². The zero-order valence-electron chi connectivity index (χ0n) is 17.5. The molecule has 3 aromatic rings. The molecule has 0 bridgehead atoms. The number of hydrogen-bond donors (Lipinski definition) is 1. The van der Waals surface area contributed by atoms with Crippen molar-refractivity contribution >= 4 is 22.6 Å². The number of para-hydroxylation sites is 1. The van der Waals surface area contributed by atoms with Gasteiger partial charge in [-0.2, -0.15) is 5.10 Å². The van der Waals surface area contributed by atoms with Crippen molar-refractivity contribution in [3.8, 4) is 0 Å². The number of carbonyl (C=O) groups excluding carboxylic acids is 1. The van der Waals surface area contributed by atoms with Crippen LogP contribution in [0.3, 0.4) is 0 Å². The van der Waals surface area contributed by atoms with Gasteiger partial charge in [-0.1, -0.05) is 18.2 Å². The zero-order chi connectivity index (χ0) is 20.4. The molecule has 1 saturated carbocycles. The molecule has 4 rings (SSSR count). The summed E-state index contributed by atoms with van der Waals surface area (Å²) in [6.07, 6.45) is 3.20.